The van der Waals surface area contributed by atoms with E-state index in [2.05, 4.69) is 35.9 Å². The number of hydrogen-bond donors (Lipinski definition) is 1. The summed E-state index contributed by atoms with van der Waals surface area (Å²) in [6.07, 6.45) is 4.09. The highest BCUT2D eigenvalue weighted by atomic mass is 15.2. The van der Waals surface area contributed by atoms with Gasteiger partial charge in [0.2, 0.25) is 0 Å². The number of nitrogens with zero attached hydrogens (tertiary/aromatic N) is 2. The van der Waals surface area contributed by atoms with Crippen LogP contribution in [0.4, 0.5) is 0 Å². The van der Waals surface area contributed by atoms with Gasteiger partial charge in [0.25, 0.3) is 0 Å². The van der Waals surface area contributed by atoms with Crippen molar-refractivity contribution in [1.82, 2.24) is 15.1 Å². The third-order valence-corrected chi connectivity index (χ3v) is 4.52. The lowest BCUT2D eigenvalue weighted by molar-refractivity contribution is 0.0793. The molecule has 0 bridgehead atoms. The van der Waals surface area contributed by atoms with Gasteiger partial charge in [-0.15, -0.1) is 0 Å². The molecule has 2 saturated heterocycles. The third kappa shape index (κ3) is 3.69. The minimum absolute atomic E-state index is 0.802. The smallest absolute Gasteiger partial charge is 0.0235 e. The highest BCUT2D eigenvalue weighted by molar-refractivity contribution is 4.87. The van der Waals surface area contributed by atoms with Crippen LogP contribution in [0, 0.1) is 5.92 Å². The maximum atomic E-state index is 3.51. The fraction of sp³-hybridized carbons (Fsp3) is 1.00. The molecule has 0 aliphatic carbocycles. The predicted molar refractivity (Wildman–Crippen MR) is 78.0 cm³/mol. The van der Waals surface area contributed by atoms with Crippen molar-refractivity contribution in [3.63, 3.8) is 0 Å². The van der Waals surface area contributed by atoms with Gasteiger partial charge < -0.3 is 10.2 Å². The molecule has 1 N–H and O–H groups in total. The lowest BCUT2D eigenvalue weighted by Crippen LogP contribution is -2.50. The van der Waals surface area contributed by atoms with Gasteiger partial charge in [0.1, 0.15) is 0 Å². The monoisotopic (exact) mass is 253 g/mol. The molecule has 0 aromatic rings. The summed E-state index contributed by atoms with van der Waals surface area (Å²) in [5, 5.41) is 3.51. The van der Waals surface area contributed by atoms with Gasteiger partial charge in [-0.1, -0.05) is 20.8 Å². The molecule has 0 aromatic carbocycles. The highest BCUT2D eigenvalue weighted by Gasteiger charge is 2.29. The summed E-state index contributed by atoms with van der Waals surface area (Å²) >= 11 is 0. The maximum Gasteiger partial charge on any atom is 0.0235 e. The number of nitrogens with one attached hydrogen (secondary N) is 1. The van der Waals surface area contributed by atoms with Crippen LogP contribution in [-0.4, -0.2) is 61.2 Å². The summed E-state index contributed by atoms with van der Waals surface area (Å²) in [7, 11) is 0. The van der Waals surface area contributed by atoms with E-state index in [4.69, 9.17) is 0 Å². The SMILES string of the molecule is CCN(C1CCN(CC(C)C)CC1)C1CCNC1. The summed E-state index contributed by atoms with van der Waals surface area (Å²) in [6.45, 7) is 14.5. The molecule has 1 atom stereocenters. The molecule has 0 radical (unpaired) electrons. The summed E-state index contributed by atoms with van der Waals surface area (Å²) in [6, 6.07) is 1.64. The summed E-state index contributed by atoms with van der Waals surface area (Å²) in [5.74, 6) is 0.808. The van der Waals surface area contributed by atoms with Crippen molar-refractivity contribution in [3.05, 3.63) is 0 Å². The van der Waals surface area contributed by atoms with Crippen molar-refractivity contribution < 1.29 is 0 Å². The Morgan fingerprint density at radius 1 is 1.17 bits per heavy atom. The molecule has 1 unspecified atom stereocenters. The lowest BCUT2D eigenvalue weighted by Gasteiger charge is -2.41. The van der Waals surface area contributed by atoms with Gasteiger partial charge in [0.15, 0.2) is 0 Å². The number of likely N-dealkylation sites (tertiary alicyclic amines) is 1. The summed E-state index contributed by atoms with van der Waals surface area (Å²) in [4.78, 5) is 5.43. The Hall–Kier alpha value is -0.120. The largest absolute Gasteiger partial charge is 0.315 e. The first-order chi connectivity index (χ1) is 8.70. The molecule has 2 fully saturated rings. The van der Waals surface area contributed by atoms with Crippen molar-refractivity contribution in [2.45, 2.75) is 52.1 Å². The number of piperidine rings is 1. The molecule has 3 nitrogen and oxygen atoms in total. The second-order valence-electron chi connectivity index (χ2n) is 6.40. The van der Waals surface area contributed by atoms with E-state index in [1.807, 2.05) is 0 Å². The first-order valence-corrected chi connectivity index (χ1v) is 7.89. The Bertz CT molecular complexity index is 228. The Morgan fingerprint density at radius 2 is 1.89 bits per heavy atom. The molecule has 2 heterocycles. The van der Waals surface area contributed by atoms with E-state index < -0.39 is 0 Å². The average molecular weight is 253 g/mol. The fourth-order valence-electron chi connectivity index (χ4n) is 3.69. The molecule has 2 aliphatic heterocycles. The molecule has 2 aliphatic rings. The predicted octanol–water partition coefficient (Wildman–Crippen LogP) is 1.79. The van der Waals surface area contributed by atoms with Crippen LogP contribution in [0.15, 0.2) is 0 Å². The maximum absolute atomic E-state index is 3.51. The zero-order chi connectivity index (χ0) is 13.0. The second kappa shape index (κ2) is 6.88. The number of likely N-dealkylation sites (N-methyl/N-ethyl adjacent to an activating group) is 1. The van der Waals surface area contributed by atoms with Crippen molar-refractivity contribution in [2.75, 3.05) is 39.3 Å². The van der Waals surface area contributed by atoms with Crippen LogP contribution >= 0.6 is 0 Å². The van der Waals surface area contributed by atoms with Crippen LogP contribution in [0.5, 0.6) is 0 Å². The van der Waals surface area contributed by atoms with Gasteiger partial charge >= 0.3 is 0 Å². The van der Waals surface area contributed by atoms with Crippen molar-refractivity contribution in [3.8, 4) is 0 Å². The molecule has 0 amide bonds. The van der Waals surface area contributed by atoms with Gasteiger partial charge in [-0.25, -0.2) is 0 Å². The number of hydrogen-bond acceptors (Lipinski definition) is 3. The van der Waals surface area contributed by atoms with Crippen molar-refractivity contribution >= 4 is 0 Å². The van der Waals surface area contributed by atoms with Gasteiger partial charge in [0.05, 0.1) is 0 Å². The van der Waals surface area contributed by atoms with E-state index in [1.165, 1.54) is 58.5 Å². The van der Waals surface area contributed by atoms with E-state index in [9.17, 15) is 0 Å². The van der Waals surface area contributed by atoms with E-state index in [-0.39, 0.29) is 0 Å². The summed E-state index contributed by atoms with van der Waals surface area (Å²) < 4.78 is 0. The van der Waals surface area contributed by atoms with Crippen molar-refractivity contribution in [2.24, 2.45) is 5.92 Å². The zero-order valence-electron chi connectivity index (χ0n) is 12.5. The Morgan fingerprint density at radius 3 is 2.39 bits per heavy atom. The van der Waals surface area contributed by atoms with Crippen LogP contribution in [0.25, 0.3) is 0 Å². The Kier molecular flexibility index (Phi) is 5.46. The van der Waals surface area contributed by atoms with E-state index in [1.54, 1.807) is 0 Å². The van der Waals surface area contributed by atoms with E-state index >= 15 is 0 Å². The normalized spacial score (nSPS) is 27.5. The van der Waals surface area contributed by atoms with E-state index in [0.29, 0.717) is 0 Å². The first kappa shape index (κ1) is 14.3. The molecule has 0 saturated carbocycles. The molecule has 2 rings (SSSR count). The molecule has 3 heteroatoms. The number of rotatable bonds is 5. The van der Waals surface area contributed by atoms with Gasteiger partial charge in [-0.2, -0.15) is 0 Å². The average Bonchev–Trinajstić information content (AvgIpc) is 2.85. The highest BCUT2D eigenvalue weighted by Crippen LogP contribution is 2.21. The molecule has 0 aromatic heterocycles. The molecule has 0 spiro atoms. The molecule has 18 heavy (non-hydrogen) atoms. The summed E-state index contributed by atoms with van der Waals surface area (Å²) in [5.41, 5.74) is 0. The van der Waals surface area contributed by atoms with Gasteiger partial charge in [0, 0.05) is 25.2 Å². The van der Waals surface area contributed by atoms with Gasteiger partial charge in [-0.3, -0.25) is 4.90 Å². The minimum Gasteiger partial charge on any atom is -0.315 e. The van der Waals surface area contributed by atoms with E-state index in [0.717, 1.165) is 18.0 Å². The lowest BCUT2D eigenvalue weighted by atomic mass is 10.00. The second-order valence-corrected chi connectivity index (χ2v) is 6.40. The zero-order valence-corrected chi connectivity index (χ0v) is 12.5. The quantitative estimate of drug-likeness (QED) is 0.806. The minimum atomic E-state index is 0.802. The Balaban J connectivity index is 1.80. The molecular formula is C15H31N3. The molecule has 106 valence electrons. The fourth-order valence-corrected chi connectivity index (χ4v) is 3.69. The van der Waals surface area contributed by atoms with Crippen LogP contribution in [0.3, 0.4) is 0 Å². The van der Waals surface area contributed by atoms with Gasteiger partial charge in [-0.05, 0) is 51.4 Å². The Labute approximate surface area is 113 Å². The van der Waals surface area contributed by atoms with Crippen LogP contribution < -0.4 is 5.32 Å². The van der Waals surface area contributed by atoms with Crippen LogP contribution in [-0.2, 0) is 0 Å². The standard InChI is InChI=1S/C15H31N3/c1-4-18(15-5-8-16-11-15)14-6-9-17(10-7-14)12-13(2)3/h13-16H,4-12H2,1-3H3. The third-order valence-electron chi connectivity index (χ3n) is 4.52. The topological polar surface area (TPSA) is 18.5 Å². The van der Waals surface area contributed by atoms with Crippen molar-refractivity contribution in [1.29, 1.82) is 0 Å². The van der Waals surface area contributed by atoms with Crippen LogP contribution in [0.2, 0.25) is 0 Å². The molecular weight excluding hydrogens is 222 g/mol. The first-order valence-electron chi connectivity index (χ1n) is 7.89. The van der Waals surface area contributed by atoms with Crippen LogP contribution in [0.1, 0.15) is 40.0 Å².